The van der Waals surface area contributed by atoms with E-state index in [1.165, 1.54) is 12.8 Å². The summed E-state index contributed by atoms with van der Waals surface area (Å²) in [5.41, 5.74) is -0.0470. The van der Waals surface area contributed by atoms with Crippen LogP contribution in [0.3, 0.4) is 0 Å². The molecule has 0 spiro atoms. The van der Waals surface area contributed by atoms with Crippen molar-refractivity contribution in [2.75, 3.05) is 32.9 Å². The molecule has 0 saturated heterocycles. The average Bonchev–Trinajstić information content (AvgIpc) is 3.19. The molecule has 18 heavy (non-hydrogen) atoms. The lowest BCUT2D eigenvalue weighted by molar-refractivity contribution is 0.0291. The summed E-state index contributed by atoms with van der Waals surface area (Å²) in [7, 11) is 0. The molecule has 4 heteroatoms. The molecule has 1 atom stereocenters. The maximum atomic E-state index is 9.75. The van der Waals surface area contributed by atoms with Gasteiger partial charge in [0.05, 0.1) is 12.7 Å². The van der Waals surface area contributed by atoms with Gasteiger partial charge in [-0.1, -0.05) is 13.8 Å². The summed E-state index contributed by atoms with van der Waals surface area (Å²) in [6, 6.07) is 0. The number of hydrogen-bond donors (Lipinski definition) is 3. The zero-order valence-corrected chi connectivity index (χ0v) is 11.8. The van der Waals surface area contributed by atoms with Crippen LogP contribution in [-0.2, 0) is 4.74 Å². The van der Waals surface area contributed by atoms with Crippen LogP contribution in [0, 0.1) is 11.3 Å². The van der Waals surface area contributed by atoms with E-state index in [1.54, 1.807) is 0 Å². The molecule has 1 unspecified atom stereocenters. The van der Waals surface area contributed by atoms with Crippen LogP contribution in [0.1, 0.15) is 39.5 Å². The fraction of sp³-hybridized carbons (Fsp3) is 1.00. The Hall–Kier alpha value is -0.160. The smallest absolute Gasteiger partial charge is 0.0897 e. The maximum Gasteiger partial charge on any atom is 0.0897 e. The van der Waals surface area contributed by atoms with Gasteiger partial charge in [0.1, 0.15) is 0 Å². The van der Waals surface area contributed by atoms with Crippen LogP contribution >= 0.6 is 0 Å². The van der Waals surface area contributed by atoms with Crippen LogP contribution in [0.4, 0.5) is 0 Å². The Morgan fingerprint density at radius 2 is 2.00 bits per heavy atom. The molecule has 1 fully saturated rings. The van der Waals surface area contributed by atoms with E-state index in [-0.39, 0.29) is 12.0 Å². The highest BCUT2D eigenvalue weighted by Crippen LogP contribution is 2.28. The normalized spacial score (nSPS) is 18.0. The van der Waals surface area contributed by atoms with Crippen molar-refractivity contribution in [3.8, 4) is 0 Å². The maximum absolute atomic E-state index is 9.75. The fourth-order valence-corrected chi connectivity index (χ4v) is 2.00. The summed E-state index contributed by atoms with van der Waals surface area (Å²) >= 11 is 0. The zero-order valence-electron chi connectivity index (χ0n) is 11.8. The molecule has 0 amide bonds. The first-order valence-electron chi connectivity index (χ1n) is 7.23. The van der Waals surface area contributed by atoms with Gasteiger partial charge in [-0.3, -0.25) is 0 Å². The largest absolute Gasteiger partial charge is 0.396 e. The third kappa shape index (κ3) is 5.65. The molecule has 0 aromatic heterocycles. The Bertz CT molecular complexity index is 207. The molecule has 0 radical (unpaired) electrons. The summed E-state index contributed by atoms with van der Waals surface area (Å²) in [5, 5.41) is 22.4. The van der Waals surface area contributed by atoms with Gasteiger partial charge >= 0.3 is 0 Å². The molecule has 1 aliphatic carbocycles. The lowest BCUT2D eigenvalue weighted by atomic mass is 9.83. The van der Waals surface area contributed by atoms with Crippen molar-refractivity contribution in [2.45, 2.75) is 45.6 Å². The van der Waals surface area contributed by atoms with Gasteiger partial charge in [0, 0.05) is 31.7 Å². The number of ether oxygens (including phenoxy) is 1. The summed E-state index contributed by atoms with van der Waals surface area (Å²) in [5.74, 6) is 0.743. The number of aliphatic hydroxyl groups is 2. The van der Waals surface area contributed by atoms with E-state index in [1.807, 2.05) is 0 Å². The van der Waals surface area contributed by atoms with Gasteiger partial charge in [-0.15, -0.1) is 0 Å². The zero-order chi connectivity index (χ0) is 13.4. The topological polar surface area (TPSA) is 61.7 Å². The molecule has 0 aromatic rings. The minimum atomic E-state index is -0.450. The SMILES string of the molecule is CCC(CC)(CO)CNCC(O)COCC1CC1. The monoisotopic (exact) mass is 259 g/mol. The molecule has 4 nitrogen and oxygen atoms in total. The number of rotatable bonds is 11. The van der Waals surface area contributed by atoms with Gasteiger partial charge < -0.3 is 20.3 Å². The number of nitrogens with one attached hydrogen (secondary N) is 1. The highest BCUT2D eigenvalue weighted by Gasteiger charge is 2.25. The molecule has 0 heterocycles. The molecule has 108 valence electrons. The van der Waals surface area contributed by atoms with Crippen molar-refractivity contribution < 1.29 is 14.9 Å². The Kier molecular flexibility index (Phi) is 7.15. The van der Waals surface area contributed by atoms with Crippen molar-refractivity contribution in [1.29, 1.82) is 0 Å². The Morgan fingerprint density at radius 3 is 2.50 bits per heavy atom. The third-order valence-corrected chi connectivity index (χ3v) is 4.08. The van der Waals surface area contributed by atoms with Crippen LogP contribution in [0.25, 0.3) is 0 Å². The molecule has 3 N–H and O–H groups in total. The summed E-state index contributed by atoms with van der Waals surface area (Å²) < 4.78 is 5.44. The minimum absolute atomic E-state index is 0.0470. The molecule has 0 bridgehead atoms. The predicted octanol–water partition coefficient (Wildman–Crippen LogP) is 1.16. The molecule has 0 aromatic carbocycles. The van der Waals surface area contributed by atoms with Gasteiger partial charge in [-0.25, -0.2) is 0 Å². The Balaban J connectivity index is 2.06. The first kappa shape index (κ1) is 15.9. The quantitative estimate of drug-likeness (QED) is 0.521. The molecule has 1 rings (SSSR count). The highest BCUT2D eigenvalue weighted by atomic mass is 16.5. The molecule has 0 aliphatic heterocycles. The van der Waals surface area contributed by atoms with E-state index in [9.17, 15) is 10.2 Å². The standard InChI is InChI=1S/C14H29NO3/c1-3-14(4-2,11-16)10-15-7-13(17)9-18-8-12-5-6-12/h12-13,15-17H,3-11H2,1-2H3. The predicted molar refractivity (Wildman–Crippen MR) is 72.5 cm³/mol. The van der Waals surface area contributed by atoms with Crippen molar-refractivity contribution in [2.24, 2.45) is 11.3 Å². The highest BCUT2D eigenvalue weighted by molar-refractivity contribution is 4.79. The molecular formula is C14H29NO3. The molecule has 1 aliphatic rings. The number of aliphatic hydroxyl groups excluding tert-OH is 2. The summed E-state index contributed by atoms with van der Waals surface area (Å²) in [6.07, 6.45) is 4.00. The van der Waals surface area contributed by atoms with Crippen molar-refractivity contribution in [1.82, 2.24) is 5.32 Å². The van der Waals surface area contributed by atoms with E-state index < -0.39 is 6.10 Å². The van der Waals surface area contributed by atoms with Crippen LogP contribution in [0.15, 0.2) is 0 Å². The van der Waals surface area contributed by atoms with E-state index in [0.717, 1.165) is 31.9 Å². The van der Waals surface area contributed by atoms with E-state index in [4.69, 9.17) is 4.74 Å². The van der Waals surface area contributed by atoms with Crippen molar-refractivity contribution in [3.63, 3.8) is 0 Å². The third-order valence-electron chi connectivity index (χ3n) is 4.08. The van der Waals surface area contributed by atoms with E-state index in [2.05, 4.69) is 19.2 Å². The first-order chi connectivity index (χ1) is 8.65. The van der Waals surface area contributed by atoms with Crippen LogP contribution in [0.5, 0.6) is 0 Å². The Morgan fingerprint density at radius 1 is 1.33 bits per heavy atom. The molecule has 1 saturated carbocycles. The van der Waals surface area contributed by atoms with Crippen LogP contribution in [0.2, 0.25) is 0 Å². The van der Waals surface area contributed by atoms with Gasteiger partial charge in [0.25, 0.3) is 0 Å². The van der Waals surface area contributed by atoms with Gasteiger partial charge in [-0.2, -0.15) is 0 Å². The van der Waals surface area contributed by atoms with Crippen LogP contribution in [-0.4, -0.2) is 49.2 Å². The van der Waals surface area contributed by atoms with E-state index in [0.29, 0.717) is 13.2 Å². The van der Waals surface area contributed by atoms with Crippen molar-refractivity contribution >= 4 is 0 Å². The first-order valence-corrected chi connectivity index (χ1v) is 7.23. The van der Waals surface area contributed by atoms with E-state index >= 15 is 0 Å². The van der Waals surface area contributed by atoms with Crippen LogP contribution < -0.4 is 5.32 Å². The van der Waals surface area contributed by atoms with Crippen molar-refractivity contribution in [3.05, 3.63) is 0 Å². The lowest BCUT2D eigenvalue weighted by Gasteiger charge is -2.30. The summed E-state index contributed by atoms with van der Waals surface area (Å²) in [4.78, 5) is 0. The number of hydrogen-bond acceptors (Lipinski definition) is 4. The minimum Gasteiger partial charge on any atom is -0.396 e. The fourth-order valence-electron chi connectivity index (χ4n) is 2.00. The second-order valence-corrected chi connectivity index (χ2v) is 5.63. The lowest BCUT2D eigenvalue weighted by Crippen LogP contribution is -2.40. The van der Waals surface area contributed by atoms with Gasteiger partial charge in [-0.05, 0) is 31.6 Å². The Labute approximate surface area is 111 Å². The second kappa shape index (κ2) is 8.10. The summed E-state index contributed by atoms with van der Waals surface area (Å²) in [6.45, 7) is 6.87. The van der Waals surface area contributed by atoms with Gasteiger partial charge in [0.2, 0.25) is 0 Å². The molecular weight excluding hydrogens is 230 g/mol. The van der Waals surface area contributed by atoms with Gasteiger partial charge in [0.15, 0.2) is 0 Å². The average molecular weight is 259 g/mol. The second-order valence-electron chi connectivity index (χ2n) is 5.63.